The molecule has 0 atom stereocenters. The summed E-state index contributed by atoms with van der Waals surface area (Å²) in [5.41, 5.74) is 1.70. The molecular weight excluding hydrogens is 538 g/mol. The highest BCUT2D eigenvalue weighted by Crippen LogP contribution is 2.24. The molecule has 0 aliphatic carbocycles. The minimum absolute atomic E-state index is 0.0226. The lowest BCUT2D eigenvalue weighted by atomic mass is 10.1. The van der Waals surface area contributed by atoms with Crippen LogP contribution in [-0.2, 0) is 30.8 Å². The van der Waals surface area contributed by atoms with Crippen molar-refractivity contribution in [3.8, 4) is 0 Å². The molecule has 2 heterocycles. The third-order valence-electron chi connectivity index (χ3n) is 6.46. The number of benzene rings is 3. The SMILES string of the molecule is O=C(COC(=O)c1cccc(CN2C(=O)c3ccccc3C2=O)c1)Nc1ccc(S(=O)(=O)N2CCOCC2)cc1. The summed E-state index contributed by atoms with van der Waals surface area (Å²) in [6, 6.07) is 18.5. The van der Waals surface area contributed by atoms with Crippen molar-refractivity contribution in [3.63, 3.8) is 0 Å². The van der Waals surface area contributed by atoms with Crippen LogP contribution in [0.5, 0.6) is 0 Å². The lowest BCUT2D eigenvalue weighted by Gasteiger charge is -2.26. The monoisotopic (exact) mass is 563 g/mol. The molecule has 3 amide bonds. The van der Waals surface area contributed by atoms with Crippen LogP contribution in [0.2, 0.25) is 0 Å². The predicted octanol–water partition coefficient (Wildman–Crippen LogP) is 2.30. The van der Waals surface area contributed by atoms with E-state index in [9.17, 15) is 27.6 Å². The first-order valence-electron chi connectivity index (χ1n) is 12.4. The van der Waals surface area contributed by atoms with E-state index < -0.39 is 40.3 Å². The normalized spacial score (nSPS) is 15.6. The van der Waals surface area contributed by atoms with Crippen LogP contribution in [0.15, 0.2) is 77.7 Å². The number of imide groups is 1. The smallest absolute Gasteiger partial charge is 0.338 e. The Morgan fingerprint density at radius 3 is 2.17 bits per heavy atom. The molecule has 11 nitrogen and oxygen atoms in total. The molecule has 2 aliphatic heterocycles. The number of fused-ring (bicyclic) bond motifs is 1. The van der Waals surface area contributed by atoms with E-state index in [-0.39, 0.29) is 30.1 Å². The van der Waals surface area contributed by atoms with Gasteiger partial charge in [-0.3, -0.25) is 19.3 Å². The Bertz CT molecular complexity index is 1550. The average Bonchev–Trinajstić information content (AvgIpc) is 3.21. The molecular formula is C28H25N3O8S. The second-order valence-electron chi connectivity index (χ2n) is 9.11. The molecule has 0 saturated carbocycles. The van der Waals surface area contributed by atoms with Gasteiger partial charge in [-0.2, -0.15) is 4.31 Å². The zero-order chi connectivity index (χ0) is 28.3. The fourth-order valence-corrected chi connectivity index (χ4v) is 5.83. The first kappa shape index (κ1) is 27.2. The number of anilines is 1. The minimum atomic E-state index is -3.66. The summed E-state index contributed by atoms with van der Waals surface area (Å²) in [7, 11) is -3.66. The number of rotatable bonds is 8. The molecule has 1 N–H and O–H groups in total. The number of hydrogen-bond donors (Lipinski definition) is 1. The van der Waals surface area contributed by atoms with Crippen LogP contribution in [0.1, 0.15) is 36.6 Å². The fraction of sp³-hybridized carbons (Fsp3) is 0.214. The first-order chi connectivity index (χ1) is 19.2. The van der Waals surface area contributed by atoms with Gasteiger partial charge in [0.25, 0.3) is 17.7 Å². The van der Waals surface area contributed by atoms with Gasteiger partial charge in [0.05, 0.1) is 41.3 Å². The molecule has 0 bridgehead atoms. The van der Waals surface area contributed by atoms with Crippen molar-refractivity contribution in [2.45, 2.75) is 11.4 Å². The van der Waals surface area contributed by atoms with Crippen molar-refractivity contribution in [1.82, 2.24) is 9.21 Å². The highest BCUT2D eigenvalue weighted by Gasteiger charge is 2.35. The molecule has 1 saturated heterocycles. The molecule has 0 unspecified atom stereocenters. The molecule has 0 radical (unpaired) electrons. The van der Waals surface area contributed by atoms with Gasteiger partial charge in [-0.25, -0.2) is 13.2 Å². The molecule has 0 spiro atoms. The van der Waals surface area contributed by atoms with Gasteiger partial charge in [0.15, 0.2) is 6.61 Å². The van der Waals surface area contributed by atoms with E-state index in [1.54, 1.807) is 36.4 Å². The Balaban J connectivity index is 1.15. The van der Waals surface area contributed by atoms with E-state index in [1.807, 2.05) is 0 Å². The van der Waals surface area contributed by atoms with E-state index in [4.69, 9.17) is 9.47 Å². The number of nitrogens with one attached hydrogen (secondary N) is 1. The summed E-state index contributed by atoms with van der Waals surface area (Å²) < 4.78 is 37.1. The maximum Gasteiger partial charge on any atom is 0.338 e. The summed E-state index contributed by atoms with van der Waals surface area (Å²) in [5, 5.41) is 2.56. The number of carbonyl (C=O) groups is 4. The lowest BCUT2D eigenvalue weighted by molar-refractivity contribution is -0.119. The summed E-state index contributed by atoms with van der Waals surface area (Å²) >= 11 is 0. The number of nitrogens with zero attached hydrogens (tertiary/aromatic N) is 2. The van der Waals surface area contributed by atoms with E-state index in [0.29, 0.717) is 35.6 Å². The van der Waals surface area contributed by atoms with Crippen LogP contribution < -0.4 is 5.32 Å². The Kier molecular flexibility index (Phi) is 7.74. The van der Waals surface area contributed by atoms with E-state index in [0.717, 1.165) is 4.90 Å². The number of ether oxygens (including phenoxy) is 2. The molecule has 206 valence electrons. The molecule has 40 heavy (non-hydrogen) atoms. The van der Waals surface area contributed by atoms with E-state index in [1.165, 1.54) is 40.7 Å². The lowest BCUT2D eigenvalue weighted by Crippen LogP contribution is -2.40. The van der Waals surface area contributed by atoms with Crippen LogP contribution in [0.4, 0.5) is 5.69 Å². The number of esters is 1. The highest BCUT2D eigenvalue weighted by atomic mass is 32.2. The number of sulfonamides is 1. The number of amides is 3. The van der Waals surface area contributed by atoms with Gasteiger partial charge < -0.3 is 14.8 Å². The topological polar surface area (TPSA) is 139 Å². The minimum Gasteiger partial charge on any atom is -0.452 e. The zero-order valence-corrected chi connectivity index (χ0v) is 22.1. The van der Waals surface area contributed by atoms with Gasteiger partial charge in [-0.15, -0.1) is 0 Å². The van der Waals surface area contributed by atoms with Gasteiger partial charge >= 0.3 is 5.97 Å². The summed E-state index contributed by atoms with van der Waals surface area (Å²) in [5.74, 6) is -2.18. The van der Waals surface area contributed by atoms with Crippen molar-refractivity contribution in [2.24, 2.45) is 0 Å². The van der Waals surface area contributed by atoms with Crippen LogP contribution in [-0.4, -0.2) is 74.2 Å². The summed E-state index contributed by atoms with van der Waals surface area (Å²) in [4.78, 5) is 51.4. The molecule has 3 aromatic carbocycles. The highest BCUT2D eigenvalue weighted by molar-refractivity contribution is 7.89. The molecule has 3 aromatic rings. The van der Waals surface area contributed by atoms with Crippen molar-refractivity contribution in [1.29, 1.82) is 0 Å². The van der Waals surface area contributed by atoms with Crippen LogP contribution in [0.25, 0.3) is 0 Å². The summed E-state index contributed by atoms with van der Waals surface area (Å²) in [6.07, 6.45) is 0. The third kappa shape index (κ3) is 5.64. The molecule has 5 rings (SSSR count). The predicted molar refractivity (Wildman–Crippen MR) is 142 cm³/mol. The third-order valence-corrected chi connectivity index (χ3v) is 8.37. The average molecular weight is 564 g/mol. The van der Waals surface area contributed by atoms with Crippen LogP contribution in [0.3, 0.4) is 0 Å². The van der Waals surface area contributed by atoms with Crippen LogP contribution in [0, 0.1) is 0 Å². The molecule has 2 aliphatic rings. The molecule has 0 aromatic heterocycles. The Hall–Kier alpha value is -4.39. The zero-order valence-electron chi connectivity index (χ0n) is 21.2. The largest absolute Gasteiger partial charge is 0.452 e. The van der Waals surface area contributed by atoms with Crippen molar-refractivity contribution in [3.05, 3.63) is 95.1 Å². The van der Waals surface area contributed by atoms with Crippen molar-refractivity contribution < 1.29 is 37.1 Å². The maximum atomic E-state index is 12.7. The quantitative estimate of drug-likeness (QED) is 0.325. The van der Waals surface area contributed by atoms with Crippen LogP contribution >= 0.6 is 0 Å². The fourth-order valence-electron chi connectivity index (χ4n) is 4.42. The Morgan fingerprint density at radius 1 is 0.875 bits per heavy atom. The summed E-state index contributed by atoms with van der Waals surface area (Å²) in [6.45, 7) is 0.627. The van der Waals surface area contributed by atoms with Gasteiger partial charge in [0.1, 0.15) is 0 Å². The van der Waals surface area contributed by atoms with Gasteiger partial charge in [-0.05, 0) is 54.1 Å². The standard InChI is InChI=1S/C28H25N3O8S/c32-25(29-21-8-10-22(11-9-21)40(36,37)30-12-14-38-15-13-30)18-39-28(35)20-5-3-4-19(16-20)17-31-26(33)23-6-1-2-7-24(23)27(31)34/h1-11,16H,12-15,17-18H2,(H,29,32). The molecule has 12 heteroatoms. The van der Waals surface area contributed by atoms with E-state index in [2.05, 4.69) is 5.32 Å². The van der Waals surface area contributed by atoms with Gasteiger partial charge in [0.2, 0.25) is 10.0 Å². The van der Waals surface area contributed by atoms with Crippen molar-refractivity contribution >= 4 is 39.4 Å². The second kappa shape index (κ2) is 11.4. The molecule has 1 fully saturated rings. The Labute approximate surface area is 230 Å². The van der Waals surface area contributed by atoms with Crippen molar-refractivity contribution in [2.75, 3.05) is 38.2 Å². The Morgan fingerprint density at radius 2 is 1.52 bits per heavy atom. The first-order valence-corrected chi connectivity index (χ1v) is 13.9. The second-order valence-corrected chi connectivity index (χ2v) is 11.0. The number of hydrogen-bond acceptors (Lipinski definition) is 8. The number of morpholine rings is 1. The van der Waals surface area contributed by atoms with E-state index >= 15 is 0 Å². The van der Waals surface area contributed by atoms with Gasteiger partial charge in [0, 0.05) is 18.8 Å². The number of carbonyl (C=O) groups excluding carboxylic acids is 4. The maximum absolute atomic E-state index is 12.7. The van der Waals surface area contributed by atoms with Gasteiger partial charge in [-0.1, -0.05) is 24.3 Å².